The summed E-state index contributed by atoms with van der Waals surface area (Å²) in [5.41, 5.74) is 1.68. The van der Waals surface area contributed by atoms with E-state index < -0.39 is 18.0 Å². The van der Waals surface area contributed by atoms with Crippen LogP contribution in [0, 0.1) is 19.7 Å². The summed E-state index contributed by atoms with van der Waals surface area (Å²) >= 11 is 0. The quantitative estimate of drug-likeness (QED) is 0.631. The van der Waals surface area contributed by atoms with Gasteiger partial charge in [-0.1, -0.05) is 12.1 Å². The van der Waals surface area contributed by atoms with Crippen LogP contribution in [-0.4, -0.2) is 34.9 Å². The molecule has 0 aromatic heterocycles. The first-order valence-corrected chi connectivity index (χ1v) is 6.48. The molecule has 0 aliphatic rings. The standard InChI is InChI=1S/C14H19FN2O4/c1-8-5-10(6-9(2)12(8)15)7-16-14(21)17-11(3-4-18)13(19)20/h5-6,11,18H,3-4,7H2,1-2H3,(H,19,20)(H2,16,17,21)/t11-/m1/s1. The number of carboxylic acids is 1. The molecule has 0 aliphatic heterocycles. The zero-order valence-corrected chi connectivity index (χ0v) is 11.9. The highest BCUT2D eigenvalue weighted by atomic mass is 19.1. The maximum atomic E-state index is 13.5. The largest absolute Gasteiger partial charge is 0.480 e. The number of aliphatic hydroxyl groups is 1. The fourth-order valence-corrected chi connectivity index (χ4v) is 1.92. The third-order valence-corrected chi connectivity index (χ3v) is 2.97. The summed E-state index contributed by atoms with van der Waals surface area (Å²) in [5.74, 6) is -1.50. The lowest BCUT2D eigenvalue weighted by molar-refractivity contribution is -0.139. The number of amides is 2. The monoisotopic (exact) mass is 298 g/mol. The van der Waals surface area contributed by atoms with Gasteiger partial charge >= 0.3 is 12.0 Å². The van der Waals surface area contributed by atoms with Crippen LogP contribution in [0.15, 0.2) is 12.1 Å². The second-order valence-corrected chi connectivity index (χ2v) is 4.77. The molecule has 1 atom stereocenters. The molecule has 0 unspecified atom stereocenters. The molecule has 1 aromatic carbocycles. The van der Waals surface area contributed by atoms with Crippen LogP contribution in [0.2, 0.25) is 0 Å². The molecule has 1 rings (SSSR count). The summed E-state index contributed by atoms with van der Waals surface area (Å²) in [6, 6.07) is 1.43. The molecule has 0 saturated heterocycles. The van der Waals surface area contributed by atoms with Crippen molar-refractivity contribution in [2.75, 3.05) is 6.61 Å². The molecule has 4 N–H and O–H groups in total. The number of carbonyl (C=O) groups is 2. The molecule has 0 fully saturated rings. The van der Waals surface area contributed by atoms with E-state index in [1.807, 2.05) is 0 Å². The molecule has 0 aliphatic carbocycles. The molecule has 0 bridgehead atoms. The van der Waals surface area contributed by atoms with E-state index in [1.54, 1.807) is 26.0 Å². The average molecular weight is 298 g/mol. The minimum Gasteiger partial charge on any atom is -0.480 e. The number of aliphatic carboxylic acids is 1. The van der Waals surface area contributed by atoms with Gasteiger partial charge in [0.2, 0.25) is 0 Å². The number of carbonyl (C=O) groups excluding carboxylic acids is 1. The number of urea groups is 1. The van der Waals surface area contributed by atoms with Crippen LogP contribution in [-0.2, 0) is 11.3 Å². The Hall–Kier alpha value is -2.15. The van der Waals surface area contributed by atoms with Gasteiger partial charge in [0.25, 0.3) is 0 Å². The first-order valence-electron chi connectivity index (χ1n) is 6.48. The number of hydrogen-bond donors (Lipinski definition) is 4. The van der Waals surface area contributed by atoms with E-state index >= 15 is 0 Å². The predicted molar refractivity (Wildman–Crippen MR) is 74.4 cm³/mol. The Bertz CT molecular complexity index is 511. The molecule has 0 radical (unpaired) electrons. The second-order valence-electron chi connectivity index (χ2n) is 4.77. The molecule has 116 valence electrons. The number of nitrogens with one attached hydrogen (secondary N) is 2. The molecule has 7 heteroatoms. The number of hydrogen-bond acceptors (Lipinski definition) is 3. The molecular formula is C14H19FN2O4. The van der Waals surface area contributed by atoms with Crippen molar-refractivity contribution in [3.8, 4) is 0 Å². The Morgan fingerprint density at radius 1 is 1.29 bits per heavy atom. The predicted octanol–water partition coefficient (Wildman–Crippen LogP) is 1.08. The number of aliphatic hydroxyl groups excluding tert-OH is 1. The molecule has 0 spiro atoms. The highest BCUT2D eigenvalue weighted by molar-refractivity contribution is 5.82. The fraction of sp³-hybridized carbons (Fsp3) is 0.429. The topological polar surface area (TPSA) is 98.7 Å². The van der Waals surface area contributed by atoms with Gasteiger partial charge in [-0.3, -0.25) is 0 Å². The van der Waals surface area contributed by atoms with E-state index in [4.69, 9.17) is 10.2 Å². The van der Waals surface area contributed by atoms with Crippen LogP contribution in [0.25, 0.3) is 0 Å². The zero-order valence-electron chi connectivity index (χ0n) is 11.9. The molecule has 0 heterocycles. The van der Waals surface area contributed by atoms with Crippen molar-refractivity contribution < 1.29 is 24.2 Å². The van der Waals surface area contributed by atoms with Gasteiger partial charge in [-0.25, -0.2) is 14.0 Å². The van der Waals surface area contributed by atoms with Gasteiger partial charge in [-0.15, -0.1) is 0 Å². The van der Waals surface area contributed by atoms with Gasteiger partial charge in [0.05, 0.1) is 0 Å². The Kier molecular flexibility index (Phi) is 6.10. The van der Waals surface area contributed by atoms with Crippen LogP contribution < -0.4 is 10.6 Å². The van der Waals surface area contributed by atoms with E-state index in [2.05, 4.69) is 10.6 Å². The normalized spacial score (nSPS) is 11.8. The smallest absolute Gasteiger partial charge is 0.326 e. The summed E-state index contributed by atoms with van der Waals surface area (Å²) in [6.45, 7) is 3.08. The Balaban J connectivity index is 2.58. The van der Waals surface area contributed by atoms with Gasteiger partial charge in [-0.2, -0.15) is 0 Å². The van der Waals surface area contributed by atoms with Crippen molar-refractivity contribution in [2.24, 2.45) is 0 Å². The number of carboxylic acid groups (broad SMARTS) is 1. The summed E-state index contributed by atoms with van der Waals surface area (Å²) in [4.78, 5) is 22.4. The lowest BCUT2D eigenvalue weighted by Crippen LogP contribution is -2.46. The highest BCUT2D eigenvalue weighted by Gasteiger charge is 2.18. The van der Waals surface area contributed by atoms with Crippen molar-refractivity contribution in [1.82, 2.24) is 10.6 Å². The van der Waals surface area contributed by atoms with Gasteiger partial charge in [0.1, 0.15) is 11.9 Å². The Labute approximate surface area is 122 Å². The van der Waals surface area contributed by atoms with Crippen LogP contribution >= 0.6 is 0 Å². The first-order chi connectivity index (χ1) is 9.85. The van der Waals surface area contributed by atoms with Gasteiger partial charge in [-0.05, 0) is 30.5 Å². The van der Waals surface area contributed by atoms with Crippen molar-refractivity contribution in [1.29, 1.82) is 0 Å². The van der Waals surface area contributed by atoms with Gasteiger partial charge in [0.15, 0.2) is 0 Å². The molecule has 2 amide bonds. The molecular weight excluding hydrogens is 279 g/mol. The van der Waals surface area contributed by atoms with Crippen LogP contribution in [0.4, 0.5) is 9.18 Å². The summed E-state index contributed by atoms with van der Waals surface area (Å²) in [7, 11) is 0. The number of benzene rings is 1. The van der Waals surface area contributed by atoms with E-state index in [9.17, 15) is 14.0 Å². The third-order valence-electron chi connectivity index (χ3n) is 2.97. The average Bonchev–Trinajstić information content (AvgIpc) is 2.41. The van der Waals surface area contributed by atoms with Crippen molar-refractivity contribution in [3.63, 3.8) is 0 Å². The Morgan fingerprint density at radius 2 is 1.86 bits per heavy atom. The van der Waals surface area contributed by atoms with E-state index in [-0.39, 0.29) is 25.4 Å². The first kappa shape index (κ1) is 16.9. The summed E-state index contributed by atoms with van der Waals surface area (Å²) in [6.07, 6.45) is -0.0719. The van der Waals surface area contributed by atoms with Crippen LogP contribution in [0.3, 0.4) is 0 Å². The minimum absolute atomic E-state index is 0.0719. The molecule has 6 nitrogen and oxygen atoms in total. The summed E-state index contributed by atoms with van der Waals surface area (Å²) < 4.78 is 13.5. The van der Waals surface area contributed by atoms with Crippen molar-refractivity contribution >= 4 is 12.0 Å². The molecule has 0 saturated carbocycles. The van der Waals surface area contributed by atoms with Gasteiger partial charge in [0, 0.05) is 19.6 Å². The maximum Gasteiger partial charge on any atom is 0.326 e. The Morgan fingerprint density at radius 3 is 2.33 bits per heavy atom. The molecule has 21 heavy (non-hydrogen) atoms. The lowest BCUT2D eigenvalue weighted by Gasteiger charge is -2.14. The van der Waals surface area contributed by atoms with Crippen molar-refractivity contribution in [3.05, 3.63) is 34.6 Å². The van der Waals surface area contributed by atoms with Gasteiger partial charge < -0.3 is 20.8 Å². The number of rotatable bonds is 6. The van der Waals surface area contributed by atoms with E-state index in [0.717, 1.165) is 5.56 Å². The third kappa shape index (κ3) is 5.03. The van der Waals surface area contributed by atoms with E-state index in [1.165, 1.54) is 0 Å². The summed E-state index contributed by atoms with van der Waals surface area (Å²) in [5, 5.41) is 22.3. The van der Waals surface area contributed by atoms with Crippen LogP contribution in [0.1, 0.15) is 23.1 Å². The van der Waals surface area contributed by atoms with E-state index in [0.29, 0.717) is 11.1 Å². The minimum atomic E-state index is -1.22. The second kappa shape index (κ2) is 7.58. The highest BCUT2D eigenvalue weighted by Crippen LogP contribution is 2.14. The SMILES string of the molecule is Cc1cc(CNC(=O)N[C@H](CCO)C(=O)O)cc(C)c1F. The maximum absolute atomic E-state index is 13.5. The number of halogens is 1. The lowest BCUT2D eigenvalue weighted by atomic mass is 10.1. The molecule has 1 aromatic rings. The zero-order chi connectivity index (χ0) is 16.0. The fourth-order valence-electron chi connectivity index (χ4n) is 1.92. The van der Waals surface area contributed by atoms with Crippen molar-refractivity contribution in [2.45, 2.75) is 32.9 Å². The number of aryl methyl sites for hydroxylation is 2. The van der Waals surface area contributed by atoms with Crippen LogP contribution in [0.5, 0.6) is 0 Å².